The zero-order valence-corrected chi connectivity index (χ0v) is 20.0. The number of nitrogens with zero attached hydrogens (tertiary/aromatic N) is 4. The number of piperazine rings is 1. The largest absolute Gasteiger partial charge is 0.339 e. The van der Waals surface area contributed by atoms with Crippen molar-refractivity contribution in [3.63, 3.8) is 0 Å². The number of aryl methyl sites for hydroxylation is 2. The third kappa shape index (κ3) is 6.08. The second kappa shape index (κ2) is 10.8. The molecule has 0 aromatic heterocycles. The normalized spacial score (nSPS) is 14.8. The molecule has 7 nitrogen and oxygen atoms in total. The van der Waals surface area contributed by atoms with E-state index in [1.165, 1.54) is 4.31 Å². The fraction of sp³-hybridized carbons (Fsp3) is 0.360. The predicted molar refractivity (Wildman–Crippen MR) is 128 cm³/mol. The summed E-state index contributed by atoms with van der Waals surface area (Å²) < 4.78 is 27.5. The average Bonchev–Trinajstić information content (AvgIpc) is 2.81. The Balaban J connectivity index is 1.60. The maximum atomic E-state index is 13.0. The second-order valence-corrected chi connectivity index (χ2v) is 10.2. The molecule has 1 aliphatic rings. The highest BCUT2D eigenvalue weighted by Crippen LogP contribution is 2.20. The van der Waals surface area contributed by atoms with Gasteiger partial charge in [0.05, 0.1) is 23.1 Å². The van der Waals surface area contributed by atoms with Gasteiger partial charge in [-0.25, -0.2) is 8.42 Å². The van der Waals surface area contributed by atoms with E-state index in [2.05, 4.69) is 12.6 Å². The van der Waals surface area contributed by atoms with Gasteiger partial charge in [-0.15, -0.1) is 6.58 Å². The first-order valence-corrected chi connectivity index (χ1v) is 12.4. The highest BCUT2D eigenvalue weighted by Gasteiger charge is 2.30. The maximum absolute atomic E-state index is 13.0. The van der Waals surface area contributed by atoms with Crippen molar-refractivity contribution < 1.29 is 13.2 Å². The summed E-state index contributed by atoms with van der Waals surface area (Å²) in [6.45, 7) is 10.1. The summed E-state index contributed by atoms with van der Waals surface area (Å²) in [6.07, 6.45) is 1.75. The van der Waals surface area contributed by atoms with Crippen LogP contribution >= 0.6 is 0 Å². The molecule has 2 aromatic carbocycles. The van der Waals surface area contributed by atoms with Crippen molar-refractivity contribution in [1.82, 2.24) is 14.1 Å². The Labute approximate surface area is 196 Å². The number of hydrogen-bond acceptors (Lipinski definition) is 5. The van der Waals surface area contributed by atoms with Crippen LogP contribution < -0.4 is 0 Å². The lowest BCUT2D eigenvalue weighted by molar-refractivity contribution is -0.133. The third-order valence-corrected chi connectivity index (χ3v) is 7.81. The Morgan fingerprint density at radius 1 is 1.12 bits per heavy atom. The Kier molecular flexibility index (Phi) is 8.03. The second-order valence-electron chi connectivity index (χ2n) is 8.30. The summed E-state index contributed by atoms with van der Waals surface area (Å²) in [5.41, 5.74) is 3.52. The molecule has 0 bridgehead atoms. The lowest BCUT2D eigenvalue weighted by Gasteiger charge is -2.35. The van der Waals surface area contributed by atoms with Gasteiger partial charge in [0.15, 0.2) is 0 Å². The molecule has 1 saturated heterocycles. The van der Waals surface area contributed by atoms with E-state index in [4.69, 9.17) is 5.26 Å². The Bertz CT molecular complexity index is 1160. The molecule has 174 valence electrons. The van der Waals surface area contributed by atoms with Gasteiger partial charge in [0.25, 0.3) is 0 Å². The van der Waals surface area contributed by atoms with Crippen molar-refractivity contribution in [2.75, 3.05) is 39.3 Å². The van der Waals surface area contributed by atoms with Gasteiger partial charge in [-0.2, -0.15) is 9.57 Å². The molecule has 1 amide bonds. The summed E-state index contributed by atoms with van der Waals surface area (Å²) >= 11 is 0. The molecule has 1 heterocycles. The molecular weight excluding hydrogens is 436 g/mol. The molecule has 0 radical (unpaired) electrons. The highest BCUT2D eigenvalue weighted by atomic mass is 32.2. The van der Waals surface area contributed by atoms with Crippen molar-refractivity contribution >= 4 is 15.9 Å². The van der Waals surface area contributed by atoms with Crippen LogP contribution in [-0.4, -0.2) is 67.7 Å². The number of sulfonamides is 1. The first-order valence-electron chi connectivity index (χ1n) is 10.9. The van der Waals surface area contributed by atoms with Crippen molar-refractivity contribution in [2.45, 2.75) is 25.3 Å². The molecule has 1 aliphatic heterocycles. The molecule has 1 fully saturated rings. The smallest absolute Gasteiger partial charge is 0.243 e. The number of carbonyl (C=O) groups is 1. The predicted octanol–water partition coefficient (Wildman–Crippen LogP) is 2.70. The van der Waals surface area contributed by atoms with Gasteiger partial charge in [-0.3, -0.25) is 9.69 Å². The van der Waals surface area contributed by atoms with Gasteiger partial charge in [0.1, 0.15) is 0 Å². The van der Waals surface area contributed by atoms with Gasteiger partial charge in [0, 0.05) is 39.3 Å². The topological polar surface area (TPSA) is 84.7 Å². The summed E-state index contributed by atoms with van der Waals surface area (Å²) in [4.78, 5) is 16.9. The summed E-state index contributed by atoms with van der Waals surface area (Å²) in [6, 6.07) is 14.6. The molecule has 0 aliphatic carbocycles. The number of carbonyl (C=O) groups excluding carboxylic acids is 1. The molecule has 2 aromatic rings. The van der Waals surface area contributed by atoms with Crippen LogP contribution in [0.3, 0.4) is 0 Å². The monoisotopic (exact) mass is 466 g/mol. The SMILES string of the molecule is C=CCN(CC(=O)N1CCN(S(=O)(=O)c2ccc(C)c(C)c2)CC1)Cc1cccc(C#N)c1. The molecule has 0 atom stereocenters. The minimum Gasteiger partial charge on any atom is -0.339 e. The van der Waals surface area contributed by atoms with Crippen molar-refractivity contribution in [3.8, 4) is 6.07 Å². The van der Waals surface area contributed by atoms with Gasteiger partial charge in [0.2, 0.25) is 15.9 Å². The van der Waals surface area contributed by atoms with Crippen molar-refractivity contribution in [3.05, 3.63) is 77.4 Å². The van der Waals surface area contributed by atoms with E-state index in [1.807, 2.05) is 43.0 Å². The van der Waals surface area contributed by atoms with E-state index >= 15 is 0 Å². The quantitative estimate of drug-likeness (QED) is 0.559. The van der Waals surface area contributed by atoms with Crippen molar-refractivity contribution in [1.29, 1.82) is 5.26 Å². The molecule has 0 unspecified atom stereocenters. The fourth-order valence-electron chi connectivity index (χ4n) is 3.86. The summed E-state index contributed by atoms with van der Waals surface area (Å²) in [7, 11) is -3.58. The number of benzene rings is 2. The minimum absolute atomic E-state index is 0.0449. The van der Waals surface area contributed by atoms with Crippen LogP contribution in [0, 0.1) is 25.2 Å². The standard InChI is InChI=1S/C25H30N4O3S/c1-4-10-27(18-23-7-5-6-22(16-23)17-26)19-25(30)28-11-13-29(14-12-28)33(31,32)24-9-8-20(2)21(3)15-24/h4-9,15-16H,1,10-14,18-19H2,2-3H3. The Morgan fingerprint density at radius 3 is 2.48 bits per heavy atom. The lowest BCUT2D eigenvalue weighted by atomic mass is 10.1. The summed E-state index contributed by atoms with van der Waals surface area (Å²) in [5, 5.41) is 9.10. The Morgan fingerprint density at radius 2 is 1.85 bits per heavy atom. The van der Waals surface area contributed by atoms with E-state index in [1.54, 1.807) is 29.2 Å². The zero-order chi connectivity index (χ0) is 24.0. The summed E-state index contributed by atoms with van der Waals surface area (Å²) in [5.74, 6) is -0.0449. The number of rotatable bonds is 8. The van der Waals surface area contributed by atoms with Gasteiger partial charge >= 0.3 is 0 Å². The molecule has 0 spiro atoms. The highest BCUT2D eigenvalue weighted by molar-refractivity contribution is 7.89. The molecule has 33 heavy (non-hydrogen) atoms. The van der Waals surface area contributed by atoms with Gasteiger partial charge in [-0.1, -0.05) is 24.3 Å². The molecule has 0 N–H and O–H groups in total. The van der Waals surface area contributed by atoms with Crippen LogP contribution in [0.4, 0.5) is 0 Å². The Hall–Kier alpha value is -2.99. The molecular formula is C25H30N4O3S. The van der Waals surface area contributed by atoms with E-state index in [0.717, 1.165) is 16.7 Å². The van der Waals surface area contributed by atoms with Crippen LogP contribution in [0.2, 0.25) is 0 Å². The molecule has 3 rings (SSSR count). The molecule has 8 heteroatoms. The minimum atomic E-state index is -3.58. The van der Waals surface area contributed by atoms with Crippen LogP contribution in [0.25, 0.3) is 0 Å². The van der Waals surface area contributed by atoms with Crippen LogP contribution in [0.5, 0.6) is 0 Å². The van der Waals surface area contributed by atoms with Crippen LogP contribution in [0.15, 0.2) is 60.0 Å². The fourth-order valence-corrected chi connectivity index (χ4v) is 5.37. The maximum Gasteiger partial charge on any atom is 0.243 e. The van der Waals surface area contributed by atoms with Crippen molar-refractivity contribution in [2.24, 2.45) is 0 Å². The van der Waals surface area contributed by atoms with E-state index in [0.29, 0.717) is 36.6 Å². The van der Waals surface area contributed by atoms with E-state index < -0.39 is 10.0 Å². The number of amides is 1. The lowest BCUT2D eigenvalue weighted by Crippen LogP contribution is -2.52. The van der Waals surface area contributed by atoms with E-state index in [-0.39, 0.29) is 25.5 Å². The van der Waals surface area contributed by atoms with Crippen LogP contribution in [0.1, 0.15) is 22.3 Å². The zero-order valence-electron chi connectivity index (χ0n) is 19.2. The van der Waals surface area contributed by atoms with Crippen LogP contribution in [-0.2, 0) is 21.4 Å². The number of hydrogen-bond donors (Lipinski definition) is 0. The number of nitriles is 1. The molecule has 0 saturated carbocycles. The first-order chi connectivity index (χ1) is 15.7. The van der Waals surface area contributed by atoms with E-state index in [9.17, 15) is 13.2 Å². The van der Waals surface area contributed by atoms with Gasteiger partial charge < -0.3 is 4.90 Å². The van der Waals surface area contributed by atoms with Gasteiger partial charge in [-0.05, 0) is 54.8 Å². The third-order valence-electron chi connectivity index (χ3n) is 5.92. The first kappa shape index (κ1) is 24.6. The average molecular weight is 467 g/mol.